The summed E-state index contributed by atoms with van der Waals surface area (Å²) in [7, 11) is 0. The molecule has 1 aromatic heterocycles. The molecule has 0 bridgehead atoms. The van der Waals surface area contributed by atoms with Crippen LogP contribution in [0.2, 0.25) is 0 Å². The van der Waals surface area contributed by atoms with E-state index in [4.69, 9.17) is 5.26 Å². The fourth-order valence-corrected chi connectivity index (χ4v) is 1.96. The quantitative estimate of drug-likeness (QED) is 0.789. The van der Waals surface area contributed by atoms with Crippen LogP contribution in [0.15, 0.2) is 18.3 Å². The fourth-order valence-electron chi connectivity index (χ4n) is 1.96. The van der Waals surface area contributed by atoms with Crippen molar-refractivity contribution in [3.8, 4) is 6.07 Å². The van der Waals surface area contributed by atoms with Crippen molar-refractivity contribution in [2.45, 2.75) is 33.6 Å². The summed E-state index contributed by atoms with van der Waals surface area (Å²) in [6, 6.07) is 5.25. The predicted octanol–water partition coefficient (Wildman–Crippen LogP) is 2.85. The zero-order chi connectivity index (χ0) is 14.3. The minimum absolute atomic E-state index is 0.0566. The summed E-state index contributed by atoms with van der Waals surface area (Å²) in [5, 5.41) is 8.72. The van der Waals surface area contributed by atoms with Gasteiger partial charge >= 0.3 is 0 Å². The lowest BCUT2D eigenvalue weighted by molar-refractivity contribution is 0.0729. The number of pyridine rings is 1. The SMILES string of the molecule is CCC(CC)CN(CC)C(=O)c1ccc(C#N)cn1. The molecule has 1 aromatic rings. The van der Waals surface area contributed by atoms with Crippen molar-refractivity contribution in [2.24, 2.45) is 5.92 Å². The van der Waals surface area contributed by atoms with Crippen LogP contribution in [0.5, 0.6) is 0 Å². The van der Waals surface area contributed by atoms with Gasteiger partial charge in [-0.05, 0) is 25.0 Å². The molecule has 0 saturated carbocycles. The van der Waals surface area contributed by atoms with E-state index in [1.165, 1.54) is 6.20 Å². The molecule has 0 saturated heterocycles. The highest BCUT2D eigenvalue weighted by molar-refractivity contribution is 5.92. The Balaban J connectivity index is 2.80. The van der Waals surface area contributed by atoms with Crippen LogP contribution in [0.3, 0.4) is 0 Å². The molecule has 0 aliphatic heterocycles. The monoisotopic (exact) mass is 259 g/mol. The Morgan fingerprint density at radius 1 is 1.37 bits per heavy atom. The number of amides is 1. The van der Waals surface area contributed by atoms with Crippen molar-refractivity contribution >= 4 is 5.91 Å². The highest BCUT2D eigenvalue weighted by atomic mass is 16.2. The lowest BCUT2D eigenvalue weighted by atomic mass is 10.0. The number of hydrogen-bond donors (Lipinski definition) is 0. The largest absolute Gasteiger partial charge is 0.337 e. The molecule has 1 heterocycles. The number of aromatic nitrogens is 1. The van der Waals surface area contributed by atoms with Crippen LogP contribution in [0.25, 0.3) is 0 Å². The fraction of sp³-hybridized carbons (Fsp3) is 0.533. The zero-order valence-electron chi connectivity index (χ0n) is 11.9. The van der Waals surface area contributed by atoms with Gasteiger partial charge in [-0.2, -0.15) is 5.26 Å². The van der Waals surface area contributed by atoms with Crippen LogP contribution in [0, 0.1) is 17.2 Å². The van der Waals surface area contributed by atoms with E-state index in [2.05, 4.69) is 18.8 Å². The normalized spacial score (nSPS) is 10.3. The minimum Gasteiger partial charge on any atom is -0.337 e. The summed E-state index contributed by atoms with van der Waals surface area (Å²) in [4.78, 5) is 18.2. The number of carbonyl (C=O) groups is 1. The van der Waals surface area contributed by atoms with Gasteiger partial charge in [-0.25, -0.2) is 4.98 Å². The number of nitriles is 1. The van der Waals surface area contributed by atoms with E-state index in [1.54, 1.807) is 12.1 Å². The molecule has 1 rings (SSSR count). The molecule has 0 aliphatic carbocycles. The zero-order valence-corrected chi connectivity index (χ0v) is 11.9. The van der Waals surface area contributed by atoms with Crippen molar-refractivity contribution in [1.29, 1.82) is 5.26 Å². The van der Waals surface area contributed by atoms with Crippen LogP contribution >= 0.6 is 0 Å². The molecule has 19 heavy (non-hydrogen) atoms. The third-order valence-corrected chi connectivity index (χ3v) is 3.41. The molecule has 4 nitrogen and oxygen atoms in total. The predicted molar refractivity (Wildman–Crippen MR) is 74.6 cm³/mol. The van der Waals surface area contributed by atoms with Crippen LogP contribution in [0.4, 0.5) is 0 Å². The maximum atomic E-state index is 12.3. The molecule has 0 N–H and O–H groups in total. The molecule has 4 heteroatoms. The van der Waals surface area contributed by atoms with Crippen LogP contribution < -0.4 is 0 Å². The first-order valence-corrected chi connectivity index (χ1v) is 6.81. The highest BCUT2D eigenvalue weighted by Gasteiger charge is 2.18. The summed E-state index contributed by atoms with van der Waals surface area (Å²) < 4.78 is 0. The Hall–Kier alpha value is -1.89. The van der Waals surface area contributed by atoms with Gasteiger partial charge in [0, 0.05) is 19.3 Å². The van der Waals surface area contributed by atoms with Gasteiger partial charge in [0.2, 0.25) is 0 Å². The highest BCUT2D eigenvalue weighted by Crippen LogP contribution is 2.12. The van der Waals surface area contributed by atoms with Gasteiger partial charge < -0.3 is 4.90 Å². The third-order valence-electron chi connectivity index (χ3n) is 3.41. The van der Waals surface area contributed by atoms with E-state index in [0.717, 1.165) is 19.4 Å². The maximum Gasteiger partial charge on any atom is 0.272 e. The minimum atomic E-state index is -0.0566. The molecule has 102 valence electrons. The lowest BCUT2D eigenvalue weighted by Crippen LogP contribution is -2.35. The first kappa shape index (κ1) is 15.2. The molecule has 0 radical (unpaired) electrons. The first-order chi connectivity index (χ1) is 9.15. The number of carbonyl (C=O) groups excluding carboxylic acids is 1. The van der Waals surface area contributed by atoms with Gasteiger partial charge in [-0.15, -0.1) is 0 Å². The Morgan fingerprint density at radius 2 is 2.05 bits per heavy atom. The second kappa shape index (κ2) is 7.52. The standard InChI is InChI=1S/C15H21N3O/c1-4-12(5-2)11-18(6-3)15(19)14-8-7-13(9-16)10-17-14/h7-8,10,12H,4-6,11H2,1-3H3. The number of hydrogen-bond acceptors (Lipinski definition) is 3. The average Bonchev–Trinajstić information content (AvgIpc) is 2.48. The van der Waals surface area contributed by atoms with Crippen molar-refractivity contribution in [1.82, 2.24) is 9.88 Å². The first-order valence-electron chi connectivity index (χ1n) is 6.81. The third kappa shape index (κ3) is 4.06. The van der Waals surface area contributed by atoms with E-state index < -0.39 is 0 Å². The van der Waals surface area contributed by atoms with Crippen molar-refractivity contribution in [3.05, 3.63) is 29.6 Å². The second-order valence-corrected chi connectivity index (χ2v) is 4.57. The van der Waals surface area contributed by atoms with E-state index in [0.29, 0.717) is 23.7 Å². The molecule has 0 aliphatic rings. The topological polar surface area (TPSA) is 57.0 Å². The van der Waals surface area contributed by atoms with Gasteiger partial charge in [0.25, 0.3) is 5.91 Å². The summed E-state index contributed by atoms with van der Waals surface area (Å²) in [5.74, 6) is 0.473. The van der Waals surface area contributed by atoms with Crippen molar-refractivity contribution in [3.63, 3.8) is 0 Å². The van der Waals surface area contributed by atoms with E-state index in [9.17, 15) is 4.79 Å². The van der Waals surface area contributed by atoms with Crippen LogP contribution in [0.1, 0.15) is 49.7 Å². The maximum absolute atomic E-state index is 12.3. The van der Waals surface area contributed by atoms with Crippen LogP contribution in [-0.4, -0.2) is 28.9 Å². The van der Waals surface area contributed by atoms with E-state index >= 15 is 0 Å². The molecule has 0 fully saturated rings. The molecule has 0 spiro atoms. The van der Waals surface area contributed by atoms with Crippen molar-refractivity contribution < 1.29 is 4.79 Å². The van der Waals surface area contributed by atoms with Gasteiger partial charge in [0.1, 0.15) is 11.8 Å². The Morgan fingerprint density at radius 3 is 2.47 bits per heavy atom. The van der Waals surface area contributed by atoms with Gasteiger partial charge in [0.15, 0.2) is 0 Å². The number of rotatable bonds is 6. The van der Waals surface area contributed by atoms with Gasteiger partial charge in [-0.1, -0.05) is 26.7 Å². The summed E-state index contributed by atoms with van der Waals surface area (Å²) >= 11 is 0. The smallest absolute Gasteiger partial charge is 0.272 e. The molecular formula is C15H21N3O. The van der Waals surface area contributed by atoms with Gasteiger partial charge in [-0.3, -0.25) is 4.79 Å². The van der Waals surface area contributed by atoms with E-state index in [-0.39, 0.29) is 5.91 Å². The molecule has 1 amide bonds. The Labute approximate surface area is 115 Å². The Kier molecular flexibility index (Phi) is 6.01. The average molecular weight is 259 g/mol. The van der Waals surface area contributed by atoms with E-state index in [1.807, 2.05) is 17.9 Å². The molecule has 0 atom stereocenters. The van der Waals surface area contributed by atoms with Crippen LogP contribution in [-0.2, 0) is 0 Å². The Bertz CT molecular complexity index is 443. The number of nitrogens with zero attached hydrogens (tertiary/aromatic N) is 3. The lowest BCUT2D eigenvalue weighted by Gasteiger charge is -2.25. The molecule has 0 aromatic carbocycles. The summed E-state index contributed by atoms with van der Waals surface area (Å²) in [5.41, 5.74) is 0.881. The summed E-state index contributed by atoms with van der Waals surface area (Å²) in [6.07, 6.45) is 3.58. The summed E-state index contributed by atoms with van der Waals surface area (Å²) in [6.45, 7) is 7.71. The van der Waals surface area contributed by atoms with Gasteiger partial charge in [0.05, 0.1) is 5.56 Å². The molecular weight excluding hydrogens is 238 g/mol. The van der Waals surface area contributed by atoms with Crippen molar-refractivity contribution in [2.75, 3.05) is 13.1 Å². The molecule has 0 unspecified atom stereocenters. The second-order valence-electron chi connectivity index (χ2n) is 4.57.